The smallest absolute Gasteiger partial charge is 0.0868 e. The van der Waals surface area contributed by atoms with Gasteiger partial charge in [-0.25, -0.2) is 0 Å². The maximum atomic E-state index is 10.3. The minimum absolute atomic E-state index is 0.710. The van der Waals surface area contributed by atoms with Crippen LogP contribution in [0.5, 0.6) is 0 Å². The Morgan fingerprint density at radius 1 is 1.06 bits per heavy atom. The van der Waals surface area contributed by atoms with Gasteiger partial charge in [-0.05, 0) is 35.7 Å². The van der Waals surface area contributed by atoms with Gasteiger partial charge in [-0.1, -0.05) is 49.7 Å². The first-order chi connectivity index (χ1) is 7.63. The van der Waals surface area contributed by atoms with Crippen LogP contribution in [0, 0.1) is 0 Å². The lowest BCUT2D eigenvalue weighted by Crippen LogP contribution is -2.20. The van der Waals surface area contributed by atoms with Gasteiger partial charge in [0.25, 0.3) is 0 Å². The molecular formula is C15H18O. The Balaban J connectivity index is 2.46. The maximum Gasteiger partial charge on any atom is 0.0868 e. The van der Waals surface area contributed by atoms with Crippen molar-refractivity contribution in [2.24, 2.45) is 0 Å². The standard InChI is InChI=1S/C15H18O/c1-3-10-15(2,16)14-9-8-12-6-4-5-7-13(12)11-14/h4-9,11,16H,3,10H2,1-2H3/t15-/m0/s1. The van der Waals surface area contributed by atoms with Crippen molar-refractivity contribution in [3.05, 3.63) is 48.0 Å². The van der Waals surface area contributed by atoms with Gasteiger partial charge < -0.3 is 5.11 Å². The zero-order valence-corrected chi connectivity index (χ0v) is 9.90. The van der Waals surface area contributed by atoms with Gasteiger partial charge in [0.05, 0.1) is 5.60 Å². The largest absolute Gasteiger partial charge is 0.385 e. The zero-order valence-electron chi connectivity index (χ0n) is 9.90. The second-order valence-electron chi connectivity index (χ2n) is 4.59. The van der Waals surface area contributed by atoms with Crippen LogP contribution < -0.4 is 0 Å². The third-order valence-electron chi connectivity index (χ3n) is 3.11. The average Bonchev–Trinajstić information content (AvgIpc) is 2.28. The van der Waals surface area contributed by atoms with Gasteiger partial charge in [-0.3, -0.25) is 0 Å². The van der Waals surface area contributed by atoms with Crippen molar-refractivity contribution in [1.82, 2.24) is 0 Å². The van der Waals surface area contributed by atoms with Crippen LogP contribution in [0.1, 0.15) is 32.3 Å². The summed E-state index contributed by atoms with van der Waals surface area (Å²) in [5, 5.41) is 12.8. The molecule has 2 rings (SSSR count). The fourth-order valence-electron chi connectivity index (χ4n) is 2.16. The molecule has 84 valence electrons. The molecule has 0 radical (unpaired) electrons. The van der Waals surface area contributed by atoms with Gasteiger partial charge in [-0.15, -0.1) is 0 Å². The van der Waals surface area contributed by atoms with E-state index in [-0.39, 0.29) is 0 Å². The molecular weight excluding hydrogens is 196 g/mol. The topological polar surface area (TPSA) is 20.2 Å². The van der Waals surface area contributed by atoms with Crippen molar-refractivity contribution in [3.63, 3.8) is 0 Å². The second kappa shape index (κ2) is 4.26. The lowest BCUT2D eigenvalue weighted by molar-refractivity contribution is 0.0471. The van der Waals surface area contributed by atoms with Crippen molar-refractivity contribution >= 4 is 10.8 Å². The summed E-state index contributed by atoms with van der Waals surface area (Å²) < 4.78 is 0. The number of benzene rings is 2. The van der Waals surface area contributed by atoms with Crippen LogP contribution in [-0.2, 0) is 5.60 Å². The first kappa shape index (κ1) is 11.2. The van der Waals surface area contributed by atoms with Crippen molar-refractivity contribution < 1.29 is 5.11 Å². The summed E-state index contributed by atoms with van der Waals surface area (Å²) in [6.45, 7) is 3.98. The number of aliphatic hydroxyl groups is 1. The number of hydrogen-bond acceptors (Lipinski definition) is 1. The highest BCUT2D eigenvalue weighted by Gasteiger charge is 2.21. The summed E-state index contributed by atoms with van der Waals surface area (Å²) in [6.07, 6.45) is 1.78. The van der Waals surface area contributed by atoms with Crippen LogP contribution in [0.4, 0.5) is 0 Å². The van der Waals surface area contributed by atoms with E-state index in [0.29, 0.717) is 0 Å². The van der Waals surface area contributed by atoms with Crippen molar-refractivity contribution in [2.75, 3.05) is 0 Å². The van der Waals surface area contributed by atoms with E-state index in [9.17, 15) is 5.11 Å². The summed E-state index contributed by atoms with van der Waals surface area (Å²) in [6, 6.07) is 14.4. The van der Waals surface area contributed by atoms with Crippen molar-refractivity contribution in [3.8, 4) is 0 Å². The Hall–Kier alpha value is -1.34. The van der Waals surface area contributed by atoms with Gasteiger partial charge in [-0.2, -0.15) is 0 Å². The van der Waals surface area contributed by atoms with E-state index in [1.54, 1.807) is 0 Å². The first-order valence-corrected chi connectivity index (χ1v) is 5.85. The molecule has 0 spiro atoms. The van der Waals surface area contributed by atoms with E-state index in [4.69, 9.17) is 0 Å². The fraction of sp³-hybridized carbons (Fsp3) is 0.333. The Labute approximate surface area is 96.7 Å². The monoisotopic (exact) mass is 214 g/mol. The van der Waals surface area contributed by atoms with Crippen LogP contribution in [0.2, 0.25) is 0 Å². The molecule has 0 bridgehead atoms. The predicted molar refractivity (Wildman–Crippen MR) is 68.4 cm³/mol. The minimum atomic E-state index is -0.710. The summed E-state index contributed by atoms with van der Waals surface area (Å²) in [7, 11) is 0. The molecule has 2 aromatic rings. The number of rotatable bonds is 3. The summed E-state index contributed by atoms with van der Waals surface area (Å²) in [5.41, 5.74) is 0.298. The van der Waals surface area contributed by atoms with Gasteiger partial charge in [0.2, 0.25) is 0 Å². The minimum Gasteiger partial charge on any atom is -0.385 e. The molecule has 0 saturated carbocycles. The van der Waals surface area contributed by atoms with Crippen LogP contribution in [0.3, 0.4) is 0 Å². The number of hydrogen-bond donors (Lipinski definition) is 1. The van der Waals surface area contributed by atoms with Crippen LogP contribution in [0.25, 0.3) is 10.8 Å². The molecule has 0 unspecified atom stereocenters. The van der Waals surface area contributed by atoms with E-state index in [1.165, 1.54) is 10.8 Å². The molecule has 0 heterocycles. The Morgan fingerprint density at radius 2 is 1.75 bits per heavy atom. The van der Waals surface area contributed by atoms with Crippen LogP contribution in [-0.4, -0.2) is 5.11 Å². The summed E-state index contributed by atoms with van der Waals surface area (Å²) in [5.74, 6) is 0. The van der Waals surface area contributed by atoms with Gasteiger partial charge in [0, 0.05) is 0 Å². The molecule has 2 aromatic carbocycles. The molecule has 0 aliphatic rings. The molecule has 0 aliphatic carbocycles. The molecule has 0 amide bonds. The highest BCUT2D eigenvalue weighted by atomic mass is 16.3. The quantitative estimate of drug-likeness (QED) is 0.822. The molecule has 1 atom stereocenters. The third-order valence-corrected chi connectivity index (χ3v) is 3.11. The second-order valence-corrected chi connectivity index (χ2v) is 4.59. The maximum absolute atomic E-state index is 10.3. The van der Waals surface area contributed by atoms with E-state index in [0.717, 1.165) is 18.4 Å². The normalized spacial score (nSPS) is 14.9. The molecule has 1 heteroatoms. The average molecular weight is 214 g/mol. The zero-order chi connectivity index (χ0) is 11.6. The highest BCUT2D eigenvalue weighted by Crippen LogP contribution is 2.28. The summed E-state index contributed by atoms with van der Waals surface area (Å²) in [4.78, 5) is 0. The number of fused-ring (bicyclic) bond motifs is 1. The van der Waals surface area contributed by atoms with Crippen LogP contribution >= 0.6 is 0 Å². The molecule has 16 heavy (non-hydrogen) atoms. The fourth-order valence-corrected chi connectivity index (χ4v) is 2.16. The third kappa shape index (κ3) is 2.10. The molecule has 0 fully saturated rings. The van der Waals surface area contributed by atoms with E-state index < -0.39 is 5.60 Å². The van der Waals surface area contributed by atoms with Crippen molar-refractivity contribution in [2.45, 2.75) is 32.3 Å². The lowest BCUT2D eigenvalue weighted by Gasteiger charge is -2.23. The molecule has 0 aliphatic heterocycles. The predicted octanol–water partition coefficient (Wildman–Crippen LogP) is 3.85. The molecule has 1 nitrogen and oxygen atoms in total. The van der Waals surface area contributed by atoms with Gasteiger partial charge in [0.1, 0.15) is 0 Å². The molecule has 0 saturated heterocycles. The SMILES string of the molecule is CCC[C@](C)(O)c1ccc2ccccc2c1. The first-order valence-electron chi connectivity index (χ1n) is 5.85. The highest BCUT2D eigenvalue weighted by molar-refractivity contribution is 5.83. The lowest BCUT2D eigenvalue weighted by atomic mass is 9.90. The Kier molecular flexibility index (Phi) is 2.97. The molecule has 0 aromatic heterocycles. The van der Waals surface area contributed by atoms with Crippen molar-refractivity contribution in [1.29, 1.82) is 0 Å². The Morgan fingerprint density at radius 3 is 2.44 bits per heavy atom. The molecule has 1 N–H and O–H groups in total. The van der Waals surface area contributed by atoms with E-state index >= 15 is 0 Å². The van der Waals surface area contributed by atoms with Gasteiger partial charge in [0.15, 0.2) is 0 Å². The van der Waals surface area contributed by atoms with Crippen LogP contribution in [0.15, 0.2) is 42.5 Å². The van der Waals surface area contributed by atoms with E-state index in [2.05, 4.69) is 31.2 Å². The Bertz CT molecular complexity index is 486. The summed E-state index contributed by atoms with van der Waals surface area (Å²) >= 11 is 0. The van der Waals surface area contributed by atoms with E-state index in [1.807, 2.05) is 25.1 Å². The van der Waals surface area contributed by atoms with Gasteiger partial charge >= 0.3 is 0 Å².